The standard InChI is InChI=1S/C24H27N3O2/c28-23(13-15-27-14-12-19-7-3-4-11-22(19)27)25-17-18-6-5-10-21(16-18)26-24(29)20-8-1-2-9-20/h3-7,10-12,14,16,20H,1-2,8-9,13,15,17H2,(H,25,28)(H,26,29). The molecular formula is C24H27N3O2. The fourth-order valence-corrected chi connectivity index (χ4v) is 4.04. The molecule has 1 saturated carbocycles. The number of hydrogen-bond donors (Lipinski definition) is 2. The molecule has 0 spiro atoms. The average Bonchev–Trinajstić information content (AvgIpc) is 3.41. The minimum Gasteiger partial charge on any atom is -0.352 e. The Labute approximate surface area is 171 Å². The van der Waals surface area contributed by atoms with Gasteiger partial charge in [-0.15, -0.1) is 0 Å². The number of carbonyl (C=O) groups excluding carboxylic acids is 2. The van der Waals surface area contributed by atoms with Crippen molar-refractivity contribution in [3.8, 4) is 0 Å². The normalized spacial score (nSPS) is 14.2. The molecule has 3 aromatic rings. The molecule has 1 aromatic heterocycles. The Kier molecular flexibility index (Phi) is 5.94. The predicted octanol–water partition coefficient (Wildman–Crippen LogP) is 4.48. The zero-order chi connectivity index (χ0) is 20.1. The van der Waals surface area contributed by atoms with Gasteiger partial charge in [-0.1, -0.05) is 43.2 Å². The Morgan fingerprint density at radius 2 is 1.83 bits per heavy atom. The number of rotatable bonds is 7. The van der Waals surface area contributed by atoms with Crippen LogP contribution in [-0.4, -0.2) is 16.4 Å². The van der Waals surface area contributed by atoms with E-state index in [0.717, 1.165) is 42.5 Å². The number of nitrogens with one attached hydrogen (secondary N) is 2. The molecular weight excluding hydrogens is 362 g/mol. The highest BCUT2D eigenvalue weighted by Gasteiger charge is 2.22. The molecule has 2 aromatic carbocycles. The van der Waals surface area contributed by atoms with Crippen LogP contribution in [0, 0.1) is 5.92 Å². The molecule has 1 aliphatic rings. The third-order valence-corrected chi connectivity index (χ3v) is 5.67. The first-order valence-electron chi connectivity index (χ1n) is 10.4. The van der Waals surface area contributed by atoms with Gasteiger partial charge in [-0.05, 0) is 48.1 Å². The van der Waals surface area contributed by atoms with Gasteiger partial charge in [0.25, 0.3) is 0 Å². The van der Waals surface area contributed by atoms with Gasteiger partial charge in [-0.25, -0.2) is 0 Å². The number of carbonyl (C=O) groups is 2. The monoisotopic (exact) mass is 389 g/mol. The van der Waals surface area contributed by atoms with Gasteiger partial charge in [-0.2, -0.15) is 0 Å². The highest BCUT2D eigenvalue weighted by molar-refractivity contribution is 5.92. The summed E-state index contributed by atoms with van der Waals surface area (Å²) in [6, 6.07) is 18.0. The van der Waals surface area contributed by atoms with Gasteiger partial charge in [0, 0.05) is 42.8 Å². The van der Waals surface area contributed by atoms with Gasteiger partial charge in [0.2, 0.25) is 11.8 Å². The van der Waals surface area contributed by atoms with Crippen molar-refractivity contribution in [3.63, 3.8) is 0 Å². The number of anilines is 1. The van der Waals surface area contributed by atoms with E-state index in [1.807, 2.05) is 42.6 Å². The summed E-state index contributed by atoms with van der Waals surface area (Å²) < 4.78 is 2.11. The van der Waals surface area contributed by atoms with Crippen molar-refractivity contribution in [2.24, 2.45) is 5.92 Å². The van der Waals surface area contributed by atoms with Crippen LogP contribution in [-0.2, 0) is 22.7 Å². The first-order valence-corrected chi connectivity index (χ1v) is 10.4. The van der Waals surface area contributed by atoms with Crippen LogP contribution in [0.5, 0.6) is 0 Å². The summed E-state index contributed by atoms with van der Waals surface area (Å²) >= 11 is 0. The van der Waals surface area contributed by atoms with E-state index in [1.54, 1.807) is 0 Å². The van der Waals surface area contributed by atoms with Crippen molar-refractivity contribution in [2.75, 3.05) is 5.32 Å². The molecule has 0 saturated heterocycles. The summed E-state index contributed by atoms with van der Waals surface area (Å²) in [5.74, 6) is 0.272. The van der Waals surface area contributed by atoms with E-state index in [4.69, 9.17) is 0 Å². The Morgan fingerprint density at radius 1 is 1.00 bits per heavy atom. The van der Waals surface area contributed by atoms with Crippen molar-refractivity contribution in [1.82, 2.24) is 9.88 Å². The molecule has 0 aliphatic heterocycles. The van der Waals surface area contributed by atoms with Crippen LogP contribution in [0.1, 0.15) is 37.7 Å². The van der Waals surface area contributed by atoms with Crippen molar-refractivity contribution < 1.29 is 9.59 Å². The Bertz CT molecular complexity index is 1000. The van der Waals surface area contributed by atoms with Crippen LogP contribution in [0.25, 0.3) is 10.9 Å². The van der Waals surface area contributed by atoms with Gasteiger partial charge in [0.05, 0.1) is 0 Å². The maximum Gasteiger partial charge on any atom is 0.227 e. The number of aryl methyl sites for hydroxylation is 1. The molecule has 0 radical (unpaired) electrons. The van der Waals surface area contributed by atoms with Gasteiger partial charge in [0.1, 0.15) is 0 Å². The summed E-state index contributed by atoms with van der Waals surface area (Å²) in [6.45, 7) is 1.11. The Balaban J connectivity index is 1.27. The highest BCUT2D eigenvalue weighted by atomic mass is 16.2. The number of para-hydroxylation sites is 1. The average molecular weight is 389 g/mol. The largest absolute Gasteiger partial charge is 0.352 e. The Hall–Kier alpha value is -3.08. The quantitative estimate of drug-likeness (QED) is 0.626. The molecule has 5 heteroatoms. The summed E-state index contributed by atoms with van der Waals surface area (Å²) in [4.78, 5) is 24.6. The highest BCUT2D eigenvalue weighted by Crippen LogP contribution is 2.26. The Morgan fingerprint density at radius 3 is 2.69 bits per heavy atom. The minimum atomic E-state index is 0.0168. The molecule has 0 bridgehead atoms. The SMILES string of the molecule is O=C(CCn1ccc2ccccc21)NCc1cccc(NC(=O)C2CCCC2)c1. The lowest BCUT2D eigenvalue weighted by Crippen LogP contribution is -2.24. The first kappa shape index (κ1) is 19.2. The fraction of sp³-hybridized carbons (Fsp3) is 0.333. The topological polar surface area (TPSA) is 63.1 Å². The second kappa shape index (κ2) is 8.95. The molecule has 0 unspecified atom stereocenters. The van der Waals surface area contributed by atoms with Crippen molar-refractivity contribution in [1.29, 1.82) is 0 Å². The molecule has 4 rings (SSSR count). The molecule has 1 aliphatic carbocycles. The lowest BCUT2D eigenvalue weighted by atomic mass is 10.1. The fourth-order valence-electron chi connectivity index (χ4n) is 4.04. The van der Waals surface area contributed by atoms with E-state index in [9.17, 15) is 9.59 Å². The maximum atomic E-state index is 12.3. The van der Waals surface area contributed by atoms with Crippen LogP contribution in [0.15, 0.2) is 60.8 Å². The molecule has 0 atom stereocenters. The van der Waals surface area contributed by atoms with E-state index in [-0.39, 0.29) is 17.7 Å². The van der Waals surface area contributed by atoms with Crippen molar-refractivity contribution >= 4 is 28.4 Å². The number of nitrogens with zero attached hydrogens (tertiary/aromatic N) is 1. The van der Waals surface area contributed by atoms with E-state index >= 15 is 0 Å². The van der Waals surface area contributed by atoms with Crippen LogP contribution >= 0.6 is 0 Å². The van der Waals surface area contributed by atoms with E-state index in [1.165, 1.54) is 5.39 Å². The summed E-state index contributed by atoms with van der Waals surface area (Å²) in [7, 11) is 0. The lowest BCUT2D eigenvalue weighted by molar-refractivity contribution is -0.121. The van der Waals surface area contributed by atoms with Gasteiger partial charge in [0.15, 0.2) is 0 Å². The molecule has 2 N–H and O–H groups in total. The summed E-state index contributed by atoms with van der Waals surface area (Å²) in [5.41, 5.74) is 2.92. The second-order valence-electron chi connectivity index (χ2n) is 7.77. The second-order valence-corrected chi connectivity index (χ2v) is 7.77. The number of amides is 2. The lowest BCUT2D eigenvalue weighted by Gasteiger charge is -2.12. The zero-order valence-corrected chi connectivity index (χ0v) is 16.6. The predicted molar refractivity (Wildman–Crippen MR) is 115 cm³/mol. The zero-order valence-electron chi connectivity index (χ0n) is 16.6. The summed E-state index contributed by atoms with van der Waals surface area (Å²) in [6.07, 6.45) is 6.70. The van der Waals surface area contributed by atoms with Crippen LogP contribution in [0.4, 0.5) is 5.69 Å². The van der Waals surface area contributed by atoms with E-state index in [2.05, 4.69) is 33.4 Å². The smallest absolute Gasteiger partial charge is 0.227 e. The van der Waals surface area contributed by atoms with Gasteiger partial charge in [-0.3, -0.25) is 9.59 Å². The van der Waals surface area contributed by atoms with Crippen molar-refractivity contribution in [3.05, 3.63) is 66.4 Å². The molecule has 5 nitrogen and oxygen atoms in total. The first-order chi connectivity index (χ1) is 14.2. The third-order valence-electron chi connectivity index (χ3n) is 5.67. The number of fused-ring (bicyclic) bond motifs is 1. The molecule has 1 heterocycles. The number of benzene rings is 2. The number of aromatic nitrogens is 1. The van der Waals surface area contributed by atoms with Crippen LogP contribution < -0.4 is 10.6 Å². The molecule has 2 amide bonds. The van der Waals surface area contributed by atoms with E-state index in [0.29, 0.717) is 19.5 Å². The van der Waals surface area contributed by atoms with Crippen molar-refractivity contribution in [2.45, 2.75) is 45.2 Å². The van der Waals surface area contributed by atoms with E-state index < -0.39 is 0 Å². The third kappa shape index (κ3) is 4.86. The number of hydrogen-bond acceptors (Lipinski definition) is 2. The minimum absolute atomic E-state index is 0.0168. The molecule has 1 fully saturated rings. The molecule has 150 valence electrons. The van der Waals surface area contributed by atoms with Crippen LogP contribution in [0.2, 0.25) is 0 Å². The van der Waals surface area contributed by atoms with Crippen LogP contribution in [0.3, 0.4) is 0 Å². The molecule has 29 heavy (non-hydrogen) atoms. The van der Waals surface area contributed by atoms with Gasteiger partial charge < -0.3 is 15.2 Å². The summed E-state index contributed by atoms with van der Waals surface area (Å²) in [5, 5.41) is 7.18. The maximum absolute atomic E-state index is 12.3. The van der Waals surface area contributed by atoms with Gasteiger partial charge >= 0.3 is 0 Å².